The molecule has 0 unspecified atom stereocenters. The van der Waals surface area contributed by atoms with Crippen molar-refractivity contribution in [2.75, 3.05) is 6.26 Å². The molecule has 0 aromatic heterocycles. The van der Waals surface area contributed by atoms with Crippen LogP contribution >= 0.6 is 11.6 Å². The van der Waals surface area contributed by atoms with E-state index in [0.29, 0.717) is 33.7 Å². The zero-order chi connectivity index (χ0) is 22.4. The first-order valence-corrected chi connectivity index (χ1v) is 13.0. The summed E-state index contributed by atoms with van der Waals surface area (Å²) in [4.78, 5) is 13.2. The van der Waals surface area contributed by atoms with E-state index in [9.17, 15) is 18.3 Å². The first-order chi connectivity index (χ1) is 14.6. The summed E-state index contributed by atoms with van der Waals surface area (Å²) >= 11 is 6.61. The van der Waals surface area contributed by atoms with Crippen LogP contribution in [-0.2, 0) is 14.6 Å². The number of halogens is 1. The molecular formula is C25H27ClO4S. The van der Waals surface area contributed by atoms with Gasteiger partial charge >= 0.3 is 0 Å². The fourth-order valence-electron chi connectivity index (χ4n) is 5.04. The lowest BCUT2D eigenvalue weighted by molar-refractivity contribution is -0.114. The number of benzene rings is 2. The molecule has 1 saturated carbocycles. The number of rotatable bonds is 3. The Morgan fingerprint density at radius 2 is 1.68 bits per heavy atom. The molecule has 1 spiro atoms. The van der Waals surface area contributed by atoms with Crippen molar-refractivity contribution in [1.82, 2.24) is 0 Å². The molecule has 4 nitrogen and oxygen atoms in total. The van der Waals surface area contributed by atoms with Gasteiger partial charge in [-0.1, -0.05) is 49.4 Å². The molecule has 2 aliphatic carbocycles. The molecular weight excluding hydrogens is 432 g/mol. The second kappa shape index (κ2) is 8.10. The molecule has 0 atom stereocenters. The number of carbonyl (C=O) groups is 1. The van der Waals surface area contributed by atoms with E-state index < -0.39 is 15.3 Å². The Morgan fingerprint density at radius 3 is 2.32 bits per heavy atom. The van der Waals surface area contributed by atoms with E-state index in [4.69, 9.17) is 11.6 Å². The summed E-state index contributed by atoms with van der Waals surface area (Å²) in [5.41, 5.74) is 2.85. The van der Waals surface area contributed by atoms with Crippen LogP contribution in [0.25, 0.3) is 16.7 Å². The zero-order valence-electron chi connectivity index (χ0n) is 17.9. The van der Waals surface area contributed by atoms with Crippen molar-refractivity contribution in [3.8, 4) is 11.1 Å². The topological polar surface area (TPSA) is 71.4 Å². The van der Waals surface area contributed by atoms with E-state index in [0.717, 1.165) is 44.1 Å². The molecule has 2 aromatic rings. The van der Waals surface area contributed by atoms with Gasteiger partial charge in [0.1, 0.15) is 5.76 Å². The van der Waals surface area contributed by atoms with Gasteiger partial charge in [-0.2, -0.15) is 0 Å². The number of ketones is 1. The molecule has 2 aliphatic rings. The number of aliphatic hydroxyl groups excluding tert-OH is 1. The smallest absolute Gasteiger partial charge is 0.175 e. The van der Waals surface area contributed by atoms with E-state index >= 15 is 0 Å². The van der Waals surface area contributed by atoms with Gasteiger partial charge < -0.3 is 5.11 Å². The van der Waals surface area contributed by atoms with E-state index in [1.54, 1.807) is 24.3 Å². The van der Waals surface area contributed by atoms with E-state index in [1.807, 2.05) is 19.1 Å². The van der Waals surface area contributed by atoms with Crippen LogP contribution in [0.5, 0.6) is 0 Å². The van der Waals surface area contributed by atoms with Crippen LogP contribution in [0, 0.1) is 12.3 Å². The number of carbonyl (C=O) groups excluding carboxylic acids is 1. The molecule has 4 rings (SSSR count). The summed E-state index contributed by atoms with van der Waals surface area (Å²) in [5.74, 6) is 0.204. The first kappa shape index (κ1) is 22.1. The molecule has 31 heavy (non-hydrogen) atoms. The third kappa shape index (κ3) is 4.06. The summed E-state index contributed by atoms with van der Waals surface area (Å²) in [5, 5.41) is 11.6. The average Bonchev–Trinajstić information content (AvgIpc) is 2.86. The van der Waals surface area contributed by atoms with Crippen molar-refractivity contribution in [2.45, 2.75) is 56.8 Å². The fraction of sp³-hybridized carbons (Fsp3) is 0.400. The fourth-order valence-corrected chi connectivity index (χ4v) is 5.98. The van der Waals surface area contributed by atoms with Crippen LogP contribution in [0.1, 0.15) is 56.1 Å². The number of aryl methyl sites for hydroxylation is 1. The predicted octanol–water partition coefficient (Wildman–Crippen LogP) is 6.30. The summed E-state index contributed by atoms with van der Waals surface area (Å²) in [6.45, 7) is 1.89. The number of hydrogen-bond donors (Lipinski definition) is 1. The average molecular weight is 459 g/mol. The van der Waals surface area contributed by atoms with Crippen LogP contribution in [0.4, 0.5) is 0 Å². The van der Waals surface area contributed by atoms with Gasteiger partial charge in [0.2, 0.25) is 0 Å². The summed E-state index contributed by atoms with van der Waals surface area (Å²) in [6.07, 6.45) is 7.57. The van der Waals surface area contributed by atoms with Gasteiger partial charge in [0.25, 0.3) is 0 Å². The third-order valence-electron chi connectivity index (χ3n) is 6.73. The molecule has 0 saturated heterocycles. The van der Waals surface area contributed by atoms with Crippen LogP contribution in [0.3, 0.4) is 0 Å². The lowest BCUT2D eigenvalue weighted by atomic mass is 9.78. The predicted molar refractivity (Wildman–Crippen MR) is 124 cm³/mol. The molecule has 1 fully saturated rings. The number of sulfone groups is 1. The Bertz CT molecular complexity index is 1190. The van der Waals surface area contributed by atoms with Crippen molar-refractivity contribution in [3.05, 3.63) is 58.3 Å². The van der Waals surface area contributed by atoms with Crippen molar-refractivity contribution in [2.24, 2.45) is 5.41 Å². The highest BCUT2D eigenvalue weighted by Gasteiger charge is 2.46. The maximum Gasteiger partial charge on any atom is 0.175 e. The van der Waals surface area contributed by atoms with Crippen LogP contribution in [-0.4, -0.2) is 25.6 Å². The Kier molecular flexibility index (Phi) is 5.78. The quantitative estimate of drug-likeness (QED) is 0.585. The maximum atomic E-state index is 13.0. The summed E-state index contributed by atoms with van der Waals surface area (Å²) in [7, 11) is -3.34. The van der Waals surface area contributed by atoms with E-state index in [2.05, 4.69) is 0 Å². The zero-order valence-corrected chi connectivity index (χ0v) is 19.4. The van der Waals surface area contributed by atoms with E-state index in [1.165, 1.54) is 6.26 Å². The number of Topliss-reactive ketones (excluding diaryl/α,β-unsaturated/α-hetero) is 1. The third-order valence-corrected chi connectivity index (χ3v) is 8.16. The van der Waals surface area contributed by atoms with Crippen molar-refractivity contribution in [3.63, 3.8) is 0 Å². The highest BCUT2D eigenvalue weighted by Crippen LogP contribution is 2.52. The molecule has 0 bridgehead atoms. The molecule has 2 aromatic carbocycles. The Balaban J connectivity index is 1.79. The summed E-state index contributed by atoms with van der Waals surface area (Å²) in [6, 6.07) is 10.3. The minimum atomic E-state index is -3.34. The van der Waals surface area contributed by atoms with Crippen molar-refractivity contribution >= 4 is 32.8 Å². The lowest BCUT2D eigenvalue weighted by Crippen LogP contribution is -2.20. The Morgan fingerprint density at radius 1 is 1.00 bits per heavy atom. The van der Waals surface area contributed by atoms with Crippen LogP contribution < -0.4 is 0 Å². The Labute approximate surface area is 188 Å². The van der Waals surface area contributed by atoms with Gasteiger partial charge in [-0.05, 0) is 60.7 Å². The minimum Gasteiger partial charge on any atom is -0.511 e. The molecule has 164 valence electrons. The van der Waals surface area contributed by atoms with Gasteiger partial charge in [-0.25, -0.2) is 8.42 Å². The molecule has 0 heterocycles. The second-order valence-electron chi connectivity index (χ2n) is 8.97. The molecule has 0 radical (unpaired) electrons. The highest BCUT2D eigenvalue weighted by molar-refractivity contribution is 7.90. The van der Waals surface area contributed by atoms with Crippen LogP contribution in [0.15, 0.2) is 47.1 Å². The van der Waals surface area contributed by atoms with Gasteiger partial charge in [-0.15, -0.1) is 0 Å². The number of hydrogen-bond acceptors (Lipinski definition) is 4. The van der Waals surface area contributed by atoms with Gasteiger partial charge in [0, 0.05) is 28.7 Å². The van der Waals surface area contributed by atoms with Crippen LogP contribution in [0.2, 0.25) is 5.02 Å². The maximum absolute atomic E-state index is 13.0. The second-order valence-corrected chi connectivity index (χ2v) is 11.4. The Hall–Kier alpha value is -2.11. The van der Waals surface area contributed by atoms with Gasteiger partial charge in [0.15, 0.2) is 15.6 Å². The SMILES string of the molecule is Cc1cc(-c2cccc(S(C)(=O)=O)c2)c(Cl)cc1C1=C(O)C2(CCCCCC2)CC1=O. The monoisotopic (exact) mass is 458 g/mol. The normalized spacial score (nSPS) is 19.1. The molecule has 6 heteroatoms. The van der Waals surface area contributed by atoms with Crippen molar-refractivity contribution < 1.29 is 18.3 Å². The molecule has 0 aliphatic heterocycles. The largest absolute Gasteiger partial charge is 0.511 e. The highest BCUT2D eigenvalue weighted by atomic mass is 35.5. The first-order valence-electron chi connectivity index (χ1n) is 10.7. The number of aliphatic hydroxyl groups is 1. The van der Waals surface area contributed by atoms with E-state index in [-0.39, 0.29) is 16.4 Å². The van der Waals surface area contributed by atoms with Gasteiger partial charge in [0.05, 0.1) is 10.5 Å². The minimum absolute atomic E-state index is 0.0228. The molecule has 0 amide bonds. The summed E-state index contributed by atoms with van der Waals surface area (Å²) < 4.78 is 23.9. The van der Waals surface area contributed by atoms with Crippen molar-refractivity contribution in [1.29, 1.82) is 0 Å². The van der Waals surface area contributed by atoms with Gasteiger partial charge in [-0.3, -0.25) is 4.79 Å². The number of allylic oxidation sites excluding steroid dienone is 2. The lowest BCUT2D eigenvalue weighted by Gasteiger charge is -2.27. The standard InChI is InChI=1S/C25H27ClO4S/c1-16-12-20(17-8-7-9-18(13-17)31(2,29)30)21(26)14-19(16)23-22(27)15-25(24(23)28)10-5-3-4-6-11-25/h7-9,12-14,28H,3-6,10-11,15H2,1-2H3. The molecule has 1 N–H and O–H groups in total.